The maximum absolute atomic E-state index is 12.0. The summed E-state index contributed by atoms with van der Waals surface area (Å²) in [5.74, 6) is -0.142. The highest BCUT2D eigenvalue weighted by molar-refractivity contribution is 5.73. The summed E-state index contributed by atoms with van der Waals surface area (Å²) in [4.78, 5) is 25.0. The van der Waals surface area contributed by atoms with Crippen LogP contribution < -0.4 is 0 Å². The first kappa shape index (κ1) is 17.1. The van der Waals surface area contributed by atoms with Crippen molar-refractivity contribution in [3.8, 4) is 0 Å². The van der Waals surface area contributed by atoms with Gasteiger partial charge in [-0.15, -0.1) is 0 Å². The van der Waals surface area contributed by atoms with Gasteiger partial charge in [-0.1, -0.05) is 0 Å². The van der Waals surface area contributed by atoms with E-state index in [-0.39, 0.29) is 30.2 Å². The maximum atomic E-state index is 12.0. The van der Waals surface area contributed by atoms with Gasteiger partial charge in [-0.3, -0.25) is 4.79 Å². The molecular formula is C16H27NO5. The number of ether oxygens (including phenoxy) is 3. The average Bonchev–Trinajstić information content (AvgIpc) is 2.40. The highest BCUT2D eigenvalue weighted by atomic mass is 16.6. The molecular weight excluding hydrogens is 286 g/mol. The van der Waals surface area contributed by atoms with E-state index in [1.165, 1.54) is 7.11 Å². The minimum Gasteiger partial charge on any atom is -0.469 e. The average molecular weight is 313 g/mol. The van der Waals surface area contributed by atoms with Crippen molar-refractivity contribution in [3.05, 3.63) is 0 Å². The molecule has 0 aromatic heterocycles. The molecule has 0 N–H and O–H groups in total. The highest BCUT2D eigenvalue weighted by Crippen LogP contribution is 2.33. The van der Waals surface area contributed by atoms with Crippen molar-refractivity contribution in [2.75, 3.05) is 20.2 Å². The minimum atomic E-state index is -0.459. The lowest BCUT2D eigenvalue weighted by Gasteiger charge is -2.39. The van der Waals surface area contributed by atoms with Crippen LogP contribution in [0.25, 0.3) is 0 Å². The molecule has 0 bridgehead atoms. The third kappa shape index (κ3) is 4.60. The topological polar surface area (TPSA) is 65.1 Å². The standard InChI is InChI=1S/C16H27NO5/c1-16(2,3)22-15(19)17-7-5-12(6-8-17)21-13-9-11(10-13)14(18)20-4/h11-13H,5-10H2,1-4H3. The van der Waals surface area contributed by atoms with Crippen LogP contribution in [0.2, 0.25) is 0 Å². The van der Waals surface area contributed by atoms with Crippen molar-refractivity contribution in [2.24, 2.45) is 5.92 Å². The number of amides is 1. The molecule has 2 rings (SSSR count). The summed E-state index contributed by atoms with van der Waals surface area (Å²) in [6.07, 6.45) is 3.21. The van der Waals surface area contributed by atoms with E-state index in [0.29, 0.717) is 13.1 Å². The molecule has 2 fully saturated rings. The van der Waals surface area contributed by atoms with Gasteiger partial charge in [0, 0.05) is 13.1 Å². The number of carbonyl (C=O) groups is 2. The normalized spacial score (nSPS) is 26.3. The predicted octanol–water partition coefficient (Wildman–Crippen LogP) is 2.35. The fourth-order valence-corrected chi connectivity index (χ4v) is 2.81. The van der Waals surface area contributed by atoms with Crippen LogP contribution in [0.1, 0.15) is 46.5 Å². The number of nitrogens with zero attached hydrogens (tertiary/aromatic N) is 1. The molecule has 1 heterocycles. The van der Waals surface area contributed by atoms with Gasteiger partial charge >= 0.3 is 12.1 Å². The highest BCUT2D eigenvalue weighted by Gasteiger charge is 2.38. The van der Waals surface area contributed by atoms with E-state index in [4.69, 9.17) is 14.2 Å². The molecule has 1 amide bonds. The van der Waals surface area contributed by atoms with Crippen molar-refractivity contribution in [1.82, 2.24) is 4.90 Å². The second kappa shape index (κ2) is 6.86. The lowest BCUT2D eigenvalue weighted by atomic mass is 9.82. The minimum absolute atomic E-state index is 0.00291. The molecule has 2 aliphatic rings. The summed E-state index contributed by atoms with van der Waals surface area (Å²) in [6.45, 7) is 6.93. The van der Waals surface area contributed by atoms with Gasteiger partial charge in [0.2, 0.25) is 0 Å². The molecule has 1 saturated carbocycles. The molecule has 0 radical (unpaired) electrons. The second-order valence-electron chi connectivity index (χ2n) is 7.12. The summed E-state index contributed by atoms with van der Waals surface area (Å²) < 4.78 is 16.1. The van der Waals surface area contributed by atoms with E-state index in [0.717, 1.165) is 25.7 Å². The van der Waals surface area contributed by atoms with Gasteiger partial charge in [-0.25, -0.2) is 4.79 Å². The van der Waals surface area contributed by atoms with Gasteiger partial charge in [-0.05, 0) is 46.5 Å². The molecule has 1 aliphatic carbocycles. The molecule has 0 aromatic carbocycles. The fourth-order valence-electron chi connectivity index (χ4n) is 2.81. The Morgan fingerprint density at radius 2 is 1.64 bits per heavy atom. The molecule has 6 heteroatoms. The Morgan fingerprint density at radius 3 is 2.14 bits per heavy atom. The van der Waals surface area contributed by atoms with Crippen LogP contribution in [0, 0.1) is 5.92 Å². The Labute approximate surface area is 132 Å². The molecule has 0 spiro atoms. The van der Waals surface area contributed by atoms with E-state index in [1.54, 1.807) is 4.90 Å². The first-order chi connectivity index (χ1) is 10.3. The number of likely N-dealkylation sites (tertiary alicyclic amines) is 1. The Balaban J connectivity index is 1.66. The predicted molar refractivity (Wildman–Crippen MR) is 80.4 cm³/mol. The molecule has 126 valence electrons. The smallest absolute Gasteiger partial charge is 0.410 e. The van der Waals surface area contributed by atoms with E-state index in [1.807, 2.05) is 20.8 Å². The quantitative estimate of drug-likeness (QED) is 0.748. The van der Waals surface area contributed by atoms with Crippen LogP contribution >= 0.6 is 0 Å². The third-order valence-corrected chi connectivity index (χ3v) is 4.11. The van der Waals surface area contributed by atoms with Crippen LogP contribution in [-0.2, 0) is 19.0 Å². The van der Waals surface area contributed by atoms with Gasteiger partial charge in [0.25, 0.3) is 0 Å². The Hall–Kier alpha value is -1.30. The number of rotatable bonds is 3. The van der Waals surface area contributed by atoms with E-state index in [9.17, 15) is 9.59 Å². The SMILES string of the molecule is COC(=O)C1CC(OC2CCN(C(=O)OC(C)(C)C)CC2)C1. The van der Waals surface area contributed by atoms with Crippen LogP contribution in [0.4, 0.5) is 4.79 Å². The number of carbonyl (C=O) groups excluding carboxylic acids is 2. The molecule has 0 unspecified atom stereocenters. The van der Waals surface area contributed by atoms with E-state index >= 15 is 0 Å². The van der Waals surface area contributed by atoms with E-state index < -0.39 is 5.60 Å². The Morgan fingerprint density at radius 1 is 1.05 bits per heavy atom. The van der Waals surface area contributed by atoms with Crippen molar-refractivity contribution >= 4 is 12.1 Å². The van der Waals surface area contributed by atoms with Crippen molar-refractivity contribution in [3.63, 3.8) is 0 Å². The third-order valence-electron chi connectivity index (χ3n) is 4.11. The van der Waals surface area contributed by atoms with Gasteiger partial charge < -0.3 is 19.1 Å². The second-order valence-corrected chi connectivity index (χ2v) is 7.12. The zero-order valence-corrected chi connectivity index (χ0v) is 14.0. The summed E-state index contributed by atoms with van der Waals surface area (Å²) in [6, 6.07) is 0. The lowest BCUT2D eigenvalue weighted by molar-refractivity contribution is -0.159. The first-order valence-corrected chi connectivity index (χ1v) is 7.99. The number of esters is 1. The van der Waals surface area contributed by atoms with Gasteiger partial charge in [0.15, 0.2) is 0 Å². The van der Waals surface area contributed by atoms with Gasteiger partial charge in [0.05, 0.1) is 25.2 Å². The fraction of sp³-hybridized carbons (Fsp3) is 0.875. The summed E-state index contributed by atoms with van der Waals surface area (Å²) >= 11 is 0. The van der Waals surface area contributed by atoms with Crippen molar-refractivity contribution in [1.29, 1.82) is 0 Å². The van der Waals surface area contributed by atoms with Gasteiger partial charge in [0.1, 0.15) is 5.60 Å². The van der Waals surface area contributed by atoms with Crippen molar-refractivity contribution in [2.45, 2.75) is 64.3 Å². The maximum Gasteiger partial charge on any atom is 0.410 e. The molecule has 6 nitrogen and oxygen atoms in total. The monoisotopic (exact) mass is 313 g/mol. The van der Waals surface area contributed by atoms with Crippen LogP contribution in [0.3, 0.4) is 0 Å². The van der Waals surface area contributed by atoms with E-state index in [2.05, 4.69) is 0 Å². The Bertz CT molecular complexity index is 403. The lowest BCUT2D eigenvalue weighted by Crippen LogP contribution is -2.46. The largest absolute Gasteiger partial charge is 0.469 e. The zero-order chi connectivity index (χ0) is 16.3. The van der Waals surface area contributed by atoms with Crippen LogP contribution in [-0.4, -0.2) is 55.0 Å². The van der Waals surface area contributed by atoms with Crippen LogP contribution in [0.5, 0.6) is 0 Å². The molecule has 1 aliphatic heterocycles. The zero-order valence-electron chi connectivity index (χ0n) is 14.0. The summed E-state index contributed by atoms with van der Waals surface area (Å²) in [5.41, 5.74) is -0.459. The first-order valence-electron chi connectivity index (χ1n) is 7.99. The number of hydrogen-bond donors (Lipinski definition) is 0. The number of hydrogen-bond acceptors (Lipinski definition) is 5. The van der Waals surface area contributed by atoms with Crippen molar-refractivity contribution < 1.29 is 23.8 Å². The molecule has 0 aromatic rings. The number of piperidine rings is 1. The van der Waals surface area contributed by atoms with Gasteiger partial charge in [-0.2, -0.15) is 0 Å². The summed E-state index contributed by atoms with van der Waals surface area (Å²) in [5, 5.41) is 0. The Kier molecular flexibility index (Phi) is 5.32. The molecule has 22 heavy (non-hydrogen) atoms. The molecule has 1 saturated heterocycles. The molecule has 0 atom stereocenters. The van der Waals surface area contributed by atoms with Crippen LogP contribution in [0.15, 0.2) is 0 Å². The number of methoxy groups -OCH3 is 1. The summed E-state index contributed by atoms with van der Waals surface area (Å²) in [7, 11) is 1.42.